The molecular weight excluding hydrogens is 355 g/mol. The minimum absolute atomic E-state index is 0.0744. The minimum Gasteiger partial charge on any atom is -0.473 e. The lowest BCUT2D eigenvalue weighted by atomic mass is 10.1. The van der Waals surface area contributed by atoms with Crippen molar-refractivity contribution >= 4 is 34.9 Å². The molecule has 24 heavy (non-hydrogen) atoms. The number of aromatic nitrogens is 1. The average molecular weight is 371 g/mol. The number of para-hydroxylation sites is 1. The van der Waals surface area contributed by atoms with Crippen LogP contribution in [0, 0.1) is 0 Å². The number of esters is 1. The molecule has 0 saturated carbocycles. The van der Waals surface area contributed by atoms with Gasteiger partial charge in [-0.2, -0.15) is 4.98 Å². The Morgan fingerprint density at radius 2 is 2.00 bits per heavy atom. The van der Waals surface area contributed by atoms with Crippen molar-refractivity contribution in [1.29, 1.82) is 0 Å². The third-order valence-electron chi connectivity index (χ3n) is 3.20. The highest BCUT2D eigenvalue weighted by Gasteiger charge is 2.15. The van der Waals surface area contributed by atoms with Gasteiger partial charge in [0.2, 0.25) is 5.88 Å². The largest absolute Gasteiger partial charge is 0.473 e. The number of methoxy groups -OCH3 is 1. The van der Waals surface area contributed by atoms with Gasteiger partial charge in [0.15, 0.2) is 5.15 Å². The second-order valence-corrected chi connectivity index (χ2v) is 5.52. The normalized spacial score (nSPS) is 10.3. The van der Waals surface area contributed by atoms with Crippen molar-refractivity contribution in [2.24, 2.45) is 0 Å². The number of nitrogens with zero attached hydrogens (tertiary/aromatic N) is 2. The molecule has 0 aliphatic rings. The van der Waals surface area contributed by atoms with Crippen LogP contribution in [-0.2, 0) is 16.1 Å². The standard InChI is InChI=1S/C16H16Cl2N2O4/c1-23-15(22)8-20(10-21)13-5-3-2-4-11(13)9-24-14-7-6-12(17)16(18)19-14/h2-7,21H,8-10H2,1H3. The number of carbonyl (C=O) groups excluding carboxylic acids is 1. The van der Waals surface area contributed by atoms with E-state index in [9.17, 15) is 9.90 Å². The van der Waals surface area contributed by atoms with E-state index in [-0.39, 0.29) is 25.0 Å². The van der Waals surface area contributed by atoms with Crippen LogP contribution in [0.2, 0.25) is 10.2 Å². The lowest BCUT2D eigenvalue weighted by Gasteiger charge is -2.23. The molecule has 0 aliphatic heterocycles. The zero-order valence-electron chi connectivity index (χ0n) is 12.9. The van der Waals surface area contributed by atoms with Crippen molar-refractivity contribution in [1.82, 2.24) is 4.98 Å². The molecule has 0 aliphatic carbocycles. The predicted molar refractivity (Wildman–Crippen MR) is 91.5 cm³/mol. The Bertz CT molecular complexity index is 712. The fraction of sp³-hybridized carbons (Fsp3) is 0.250. The first-order valence-corrected chi connectivity index (χ1v) is 7.76. The molecule has 128 valence electrons. The number of anilines is 1. The van der Waals surface area contributed by atoms with Gasteiger partial charge < -0.3 is 19.5 Å². The molecule has 8 heteroatoms. The summed E-state index contributed by atoms with van der Waals surface area (Å²) in [6.07, 6.45) is 0. The van der Waals surface area contributed by atoms with Gasteiger partial charge in [-0.1, -0.05) is 41.4 Å². The van der Waals surface area contributed by atoms with Crippen molar-refractivity contribution < 1.29 is 19.4 Å². The number of benzene rings is 1. The Hall–Kier alpha value is -2.02. The van der Waals surface area contributed by atoms with Crippen LogP contribution in [0.25, 0.3) is 0 Å². The molecule has 1 N–H and O–H groups in total. The molecule has 0 radical (unpaired) electrons. The van der Waals surface area contributed by atoms with Crippen molar-refractivity contribution in [3.63, 3.8) is 0 Å². The van der Waals surface area contributed by atoms with Crippen molar-refractivity contribution in [2.45, 2.75) is 6.61 Å². The third-order valence-corrected chi connectivity index (χ3v) is 3.89. The Balaban J connectivity index is 2.15. The summed E-state index contributed by atoms with van der Waals surface area (Å²) in [5.74, 6) is -0.131. The zero-order chi connectivity index (χ0) is 17.5. The van der Waals surface area contributed by atoms with Crippen LogP contribution in [0.15, 0.2) is 36.4 Å². The van der Waals surface area contributed by atoms with Gasteiger partial charge in [0, 0.05) is 17.3 Å². The van der Waals surface area contributed by atoms with Crippen LogP contribution < -0.4 is 9.64 Å². The topological polar surface area (TPSA) is 71.9 Å². The molecule has 2 aromatic rings. The molecule has 0 unspecified atom stereocenters. The van der Waals surface area contributed by atoms with Crippen LogP contribution in [0.4, 0.5) is 5.69 Å². The summed E-state index contributed by atoms with van der Waals surface area (Å²) in [6.45, 7) is -0.231. The molecule has 0 fully saturated rings. The maximum atomic E-state index is 11.5. The van der Waals surface area contributed by atoms with E-state index in [1.165, 1.54) is 12.0 Å². The molecule has 0 saturated heterocycles. The number of halogens is 2. The predicted octanol–water partition coefficient (Wildman–Crippen LogP) is 2.90. The number of pyridine rings is 1. The number of ether oxygens (including phenoxy) is 2. The molecule has 0 spiro atoms. The van der Waals surface area contributed by atoms with E-state index >= 15 is 0 Å². The van der Waals surface area contributed by atoms with Gasteiger partial charge in [-0.15, -0.1) is 0 Å². The van der Waals surface area contributed by atoms with E-state index in [0.717, 1.165) is 5.56 Å². The monoisotopic (exact) mass is 370 g/mol. The van der Waals surface area contributed by atoms with Crippen LogP contribution in [0.3, 0.4) is 0 Å². The molecule has 1 aromatic heterocycles. The van der Waals surface area contributed by atoms with Crippen LogP contribution in [-0.4, -0.2) is 36.4 Å². The van der Waals surface area contributed by atoms with Gasteiger partial charge in [0.1, 0.15) is 19.9 Å². The molecule has 1 aromatic carbocycles. The van der Waals surface area contributed by atoms with Gasteiger partial charge in [-0.25, -0.2) is 0 Å². The van der Waals surface area contributed by atoms with Crippen molar-refractivity contribution in [2.75, 3.05) is 25.3 Å². The lowest BCUT2D eigenvalue weighted by molar-refractivity contribution is -0.139. The molecule has 1 heterocycles. The Labute approximate surface area is 149 Å². The maximum Gasteiger partial charge on any atom is 0.325 e. The quantitative estimate of drug-likeness (QED) is 0.459. The number of hydrogen-bond acceptors (Lipinski definition) is 6. The van der Waals surface area contributed by atoms with Crippen molar-refractivity contribution in [3.05, 3.63) is 52.1 Å². The van der Waals surface area contributed by atoms with Crippen LogP contribution in [0.1, 0.15) is 5.56 Å². The fourth-order valence-electron chi connectivity index (χ4n) is 2.01. The second-order valence-electron chi connectivity index (χ2n) is 4.76. The average Bonchev–Trinajstić information content (AvgIpc) is 2.60. The highest BCUT2D eigenvalue weighted by Crippen LogP contribution is 2.25. The van der Waals surface area contributed by atoms with E-state index < -0.39 is 5.97 Å². The number of carbonyl (C=O) groups is 1. The van der Waals surface area contributed by atoms with E-state index in [2.05, 4.69) is 9.72 Å². The highest BCUT2D eigenvalue weighted by molar-refractivity contribution is 6.41. The molecule has 2 rings (SSSR count). The van der Waals surface area contributed by atoms with Gasteiger partial charge in [0.25, 0.3) is 0 Å². The first-order valence-electron chi connectivity index (χ1n) is 7.00. The summed E-state index contributed by atoms with van der Waals surface area (Å²) in [4.78, 5) is 17.0. The second kappa shape index (κ2) is 8.73. The van der Waals surface area contributed by atoms with Gasteiger partial charge >= 0.3 is 5.97 Å². The smallest absolute Gasteiger partial charge is 0.325 e. The number of hydrogen-bond donors (Lipinski definition) is 1. The van der Waals surface area contributed by atoms with Crippen molar-refractivity contribution in [3.8, 4) is 5.88 Å². The van der Waals surface area contributed by atoms with E-state index in [4.69, 9.17) is 27.9 Å². The van der Waals surface area contributed by atoms with Gasteiger partial charge in [0.05, 0.1) is 12.1 Å². The summed E-state index contributed by atoms with van der Waals surface area (Å²) in [6, 6.07) is 10.4. The summed E-state index contributed by atoms with van der Waals surface area (Å²) < 4.78 is 10.3. The number of aliphatic hydroxyl groups excluding tert-OH is 1. The maximum absolute atomic E-state index is 11.5. The Morgan fingerprint density at radius 3 is 2.67 bits per heavy atom. The van der Waals surface area contributed by atoms with Crippen LogP contribution >= 0.6 is 23.2 Å². The van der Waals surface area contributed by atoms with E-state index in [1.807, 2.05) is 12.1 Å². The third kappa shape index (κ3) is 4.74. The summed E-state index contributed by atoms with van der Waals surface area (Å²) in [7, 11) is 1.29. The number of aliphatic hydroxyl groups is 1. The summed E-state index contributed by atoms with van der Waals surface area (Å²) in [5.41, 5.74) is 1.42. The van der Waals surface area contributed by atoms with E-state index in [0.29, 0.717) is 16.6 Å². The number of rotatable bonds is 7. The van der Waals surface area contributed by atoms with Crippen LogP contribution in [0.5, 0.6) is 5.88 Å². The zero-order valence-corrected chi connectivity index (χ0v) is 14.4. The molecular formula is C16H16Cl2N2O4. The van der Waals surface area contributed by atoms with Gasteiger partial charge in [-0.3, -0.25) is 4.79 Å². The highest BCUT2D eigenvalue weighted by atomic mass is 35.5. The minimum atomic E-state index is -0.453. The molecule has 0 atom stereocenters. The molecule has 6 nitrogen and oxygen atoms in total. The van der Waals surface area contributed by atoms with E-state index in [1.54, 1.807) is 24.3 Å². The Kier molecular flexibility index (Phi) is 6.66. The lowest BCUT2D eigenvalue weighted by Crippen LogP contribution is -2.32. The Morgan fingerprint density at radius 1 is 1.25 bits per heavy atom. The fourth-order valence-corrected chi connectivity index (χ4v) is 2.26. The summed E-state index contributed by atoms with van der Waals surface area (Å²) in [5, 5.41) is 10.0. The summed E-state index contributed by atoms with van der Waals surface area (Å²) >= 11 is 11.7. The van der Waals surface area contributed by atoms with Gasteiger partial charge in [-0.05, 0) is 12.1 Å². The first-order chi connectivity index (χ1) is 11.5. The molecule has 0 amide bonds. The molecule has 0 bridgehead atoms. The first kappa shape index (κ1) is 18.3. The SMILES string of the molecule is COC(=O)CN(CO)c1ccccc1COc1ccc(Cl)c(Cl)n1.